The van der Waals surface area contributed by atoms with Gasteiger partial charge in [-0.05, 0) is 19.3 Å². The van der Waals surface area contributed by atoms with Crippen LogP contribution in [0, 0.1) is 5.92 Å². The molecule has 0 saturated heterocycles. The van der Waals surface area contributed by atoms with Crippen LogP contribution in [0.3, 0.4) is 0 Å². The zero-order valence-corrected chi connectivity index (χ0v) is 14.8. The van der Waals surface area contributed by atoms with E-state index >= 15 is 0 Å². The van der Waals surface area contributed by atoms with Crippen LogP contribution in [0.15, 0.2) is 0 Å². The minimum Gasteiger partial charge on any atom is -0.465 e. The van der Waals surface area contributed by atoms with E-state index < -0.39 is 5.25 Å². The molecule has 0 unspecified atom stereocenters. The van der Waals surface area contributed by atoms with Gasteiger partial charge in [-0.25, -0.2) is 0 Å². The van der Waals surface area contributed by atoms with E-state index in [4.69, 9.17) is 16.3 Å². The predicted molar refractivity (Wildman–Crippen MR) is 88.1 cm³/mol. The Morgan fingerprint density at radius 2 is 2.14 bits per heavy atom. The Kier molecular flexibility index (Phi) is 7.75. The van der Waals surface area contributed by atoms with E-state index in [0.29, 0.717) is 30.7 Å². The van der Waals surface area contributed by atoms with Crippen molar-refractivity contribution in [2.75, 3.05) is 6.61 Å². The van der Waals surface area contributed by atoms with Crippen molar-refractivity contribution in [1.82, 2.24) is 15.3 Å². The number of rotatable bonds is 8. The monoisotopic (exact) mass is 347 g/mol. The minimum atomic E-state index is -0.398. The smallest absolute Gasteiger partial charge is 0.295 e. The molecule has 1 aromatic heterocycles. The van der Waals surface area contributed by atoms with Gasteiger partial charge in [-0.15, -0.1) is 0 Å². The summed E-state index contributed by atoms with van der Waals surface area (Å²) in [6, 6.07) is 0.327. The predicted octanol–water partition coefficient (Wildman–Crippen LogP) is 2.77. The molecule has 8 heteroatoms. The molecule has 0 aliphatic rings. The van der Waals surface area contributed by atoms with Crippen LogP contribution in [0.4, 0.5) is 0 Å². The van der Waals surface area contributed by atoms with Gasteiger partial charge in [-0.3, -0.25) is 9.59 Å². The lowest BCUT2D eigenvalue weighted by Gasteiger charge is -2.16. The van der Waals surface area contributed by atoms with Crippen molar-refractivity contribution >= 4 is 34.4 Å². The fraction of sp³-hybridized carbons (Fsp3) is 0.643. The quantitative estimate of drug-likeness (QED) is 0.755. The second-order valence-corrected chi connectivity index (χ2v) is 6.93. The highest BCUT2D eigenvalue weighted by atomic mass is 35.5. The van der Waals surface area contributed by atoms with Crippen LogP contribution in [0.25, 0.3) is 0 Å². The summed E-state index contributed by atoms with van der Waals surface area (Å²) in [6.07, 6.45) is 0.636. The highest BCUT2D eigenvalue weighted by Gasteiger charge is 2.22. The molecule has 0 radical (unpaired) electrons. The van der Waals surface area contributed by atoms with Crippen LogP contribution in [0.5, 0.6) is 6.01 Å². The van der Waals surface area contributed by atoms with Crippen LogP contribution >= 0.6 is 23.4 Å². The van der Waals surface area contributed by atoms with Crippen molar-refractivity contribution in [2.45, 2.75) is 45.9 Å². The molecule has 0 aliphatic heterocycles. The number of amides is 1. The van der Waals surface area contributed by atoms with Gasteiger partial charge in [0.15, 0.2) is 10.3 Å². The number of aromatic amines is 1. The van der Waals surface area contributed by atoms with Gasteiger partial charge in [0, 0.05) is 6.92 Å². The maximum absolute atomic E-state index is 12.2. The number of H-pyrrole nitrogens is 1. The van der Waals surface area contributed by atoms with Crippen molar-refractivity contribution in [3.8, 4) is 6.01 Å². The van der Waals surface area contributed by atoms with Gasteiger partial charge in [0.25, 0.3) is 6.01 Å². The normalized spacial score (nSPS) is 12.3. The number of hydrogen-bond donors (Lipinski definition) is 2. The maximum Gasteiger partial charge on any atom is 0.295 e. The summed E-state index contributed by atoms with van der Waals surface area (Å²) in [5, 5.41) is 2.58. The number of nitrogens with one attached hydrogen (secondary N) is 2. The zero-order valence-electron chi connectivity index (χ0n) is 13.2. The summed E-state index contributed by atoms with van der Waals surface area (Å²) in [5.74, 6) is 0.139. The molecular weight excluding hydrogens is 326 g/mol. The standard InChI is InChI=1S/C14H22ClN3O3S/c1-5-21-14-17-10(12(15)18-14)7-16-13(20)11(6-8(2)3)22-9(4)19/h8,11H,5-7H2,1-4H3,(H,16,20)(H,17,18)/t11-/m0/s1. The molecule has 0 bridgehead atoms. The Labute approximate surface area is 139 Å². The lowest BCUT2D eigenvalue weighted by Crippen LogP contribution is -2.34. The van der Waals surface area contributed by atoms with E-state index in [0.717, 1.165) is 11.8 Å². The number of imidazole rings is 1. The molecule has 0 aromatic carbocycles. The Morgan fingerprint density at radius 1 is 1.45 bits per heavy atom. The third-order valence-corrected chi connectivity index (χ3v) is 4.05. The number of carbonyl (C=O) groups is 2. The summed E-state index contributed by atoms with van der Waals surface area (Å²) in [5.41, 5.74) is 0.578. The second-order valence-electron chi connectivity index (χ2n) is 5.19. The molecule has 124 valence electrons. The summed E-state index contributed by atoms with van der Waals surface area (Å²) in [6.45, 7) is 8.02. The molecule has 1 heterocycles. The van der Waals surface area contributed by atoms with Gasteiger partial charge < -0.3 is 15.0 Å². The summed E-state index contributed by atoms with van der Waals surface area (Å²) < 4.78 is 5.21. The SMILES string of the molecule is CCOc1nc(Cl)c(CNC(=O)[C@H](CC(C)C)SC(C)=O)[nH]1. The highest BCUT2D eigenvalue weighted by Crippen LogP contribution is 2.21. The first-order chi connectivity index (χ1) is 10.3. The molecule has 6 nitrogen and oxygen atoms in total. The van der Waals surface area contributed by atoms with Gasteiger partial charge in [-0.2, -0.15) is 4.98 Å². The van der Waals surface area contributed by atoms with Crippen molar-refractivity contribution in [3.05, 3.63) is 10.8 Å². The number of halogens is 1. The Balaban J connectivity index is 2.63. The molecule has 0 saturated carbocycles. The molecule has 0 aliphatic carbocycles. The summed E-state index contributed by atoms with van der Waals surface area (Å²) in [7, 11) is 0. The fourth-order valence-electron chi connectivity index (χ4n) is 1.81. The van der Waals surface area contributed by atoms with Crippen molar-refractivity contribution < 1.29 is 14.3 Å². The maximum atomic E-state index is 12.2. The number of hydrogen-bond acceptors (Lipinski definition) is 5. The van der Waals surface area contributed by atoms with Gasteiger partial charge in [-0.1, -0.05) is 37.2 Å². The number of ether oxygens (including phenoxy) is 1. The Hall–Kier alpha value is -1.21. The largest absolute Gasteiger partial charge is 0.465 e. The van der Waals surface area contributed by atoms with Crippen LogP contribution in [0.1, 0.15) is 39.8 Å². The van der Waals surface area contributed by atoms with Gasteiger partial charge in [0.2, 0.25) is 5.91 Å². The third-order valence-electron chi connectivity index (χ3n) is 2.71. The lowest BCUT2D eigenvalue weighted by molar-refractivity contribution is -0.121. The van der Waals surface area contributed by atoms with E-state index in [9.17, 15) is 9.59 Å². The number of nitrogens with zero attached hydrogens (tertiary/aromatic N) is 1. The molecule has 1 amide bonds. The van der Waals surface area contributed by atoms with E-state index in [2.05, 4.69) is 15.3 Å². The van der Waals surface area contributed by atoms with Crippen LogP contribution in [-0.4, -0.2) is 32.8 Å². The third kappa shape index (κ3) is 6.27. The average Bonchev–Trinajstić information content (AvgIpc) is 2.75. The van der Waals surface area contributed by atoms with Crippen molar-refractivity contribution in [2.24, 2.45) is 5.92 Å². The van der Waals surface area contributed by atoms with Crippen LogP contribution in [0.2, 0.25) is 5.15 Å². The molecular formula is C14H22ClN3O3S. The van der Waals surface area contributed by atoms with Crippen molar-refractivity contribution in [1.29, 1.82) is 0 Å². The lowest BCUT2D eigenvalue weighted by atomic mass is 10.1. The zero-order chi connectivity index (χ0) is 16.7. The van der Waals surface area contributed by atoms with Gasteiger partial charge in [0.05, 0.1) is 24.1 Å². The molecule has 0 fully saturated rings. The number of thioether (sulfide) groups is 1. The first-order valence-corrected chi connectivity index (χ1v) is 8.41. The fourth-order valence-corrected chi connectivity index (χ4v) is 3.08. The highest BCUT2D eigenvalue weighted by molar-refractivity contribution is 8.14. The molecule has 22 heavy (non-hydrogen) atoms. The number of aromatic nitrogens is 2. The Morgan fingerprint density at radius 3 is 2.68 bits per heavy atom. The molecule has 1 rings (SSSR count). The number of carbonyl (C=O) groups excluding carboxylic acids is 2. The topological polar surface area (TPSA) is 84.1 Å². The van der Waals surface area contributed by atoms with E-state index in [1.54, 1.807) is 0 Å². The average molecular weight is 348 g/mol. The van der Waals surface area contributed by atoms with Gasteiger partial charge >= 0.3 is 0 Å². The minimum absolute atomic E-state index is 0.0704. The van der Waals surface area contributed by atoms with Gasteiger partial charge in [0.1, 0.15) is 0 Å². The second kappa shape index (κ2) is 9.05. The van der Waals surface area contributed by atoms with E-state index in [1.807, 2.05) is 20.8 Å². The first kappa shape index (κ1) is 18.8. The first-order valence-electron chi connectivity index (χ1n) is 7.15. The summed E-state index contributed by atoms with van der Waals surface area (Å²) in [4.78, 5) is 30.4. The molecule has 1 aromatic rings. The van der Waals surface area contributed by atoms with Crippen molar-refractivity contribution in [3.63, 3.8) is 0 Å². The van der Waals surface area contributed by atoms with Crippen LogP contribution in [-0.2, 0) is 16.1 Å². The molecule has 1 atom stereocenters. The van der Waals surface area contributed by atoms with E-state index in [-0.39, 0.29) is 22.7 Å². The van der Waals surface area contributed by atoms with E-state index in [1.165, 1.54) is 6.92 Å². The molecule has 2 N–H and O–H groups in total. The molecule has 0 spiro atoms. The van der Waals surface area contributed by atoms with Crippen LogP contribution < -0.4 is 10.1 Å². The summed E-state index contributed by atoms with van der Waals surface area (Å²) >= 11 is 7.03. The Bertz CT molecular complexity index is 519.